The number of rotatable bonds is 5. The van der Waals surface area contributed by atoms with E-state index in [0.29, 0.717) is 12.4 Å². The van der Waals surface area contributed by atoms with Crippen LogP contribution in [0.1, 0.15) is 67.7 Å². The van der Waals surface area contributed by atoms with Crippen LogP contribution >= 0.6 is 0 Å². The SMILES string of the molecule is COc1cc2c(cc1OC)[C@@H]1C[C@]3(CCN1CC2)C(=N)N(C1CCCCC1)C(=O)N3Cc1ccccc1. The van der Waals surface area contributed by atoms with E-state index in [1.807, 2.05) is 28.0 Å². The van der Waals surface area contributed by atoms with Crippen LogP contribution in [0.3, 0.4) is 0 Å². The number of urea groups is 1. The van der Waals surface area contributed by atoms with Gasteiger partial charge in [0.05, 0.1) is 14.2 Å². The lowest BCUT2D eigenvalue weighted by Gasteiger charge is -2.50. The molecule has 37 heavy (non-hydrogen) atoms. The monoisotopic (exact) mass is 502 g/mol. The second-order valence-corrected chi connectivity index (χ2v) is 11.1. The number of benzene rings is 2. The summed E-state index contributed by atoms with van der Waals surface area (Å²) in [5, 5.41) is 9.54. The Labute approximate surface area is 219 Å². The van der Waals surface area contributed by atoms with Crippen LogP contribution in [-0.4, -0.2) is 65.5 Å². The van der Waals surface area contributed by atoms with Gasteiger partial charge in [-0.3, -0.25) is 15.2 Å². The first-order valence-corrected chi connectivity index (χ1v) is 13.8. The van der Waals surface area contributed by atoms with Crippen molar-refractivity contribution in [3.8, 4) is 11.5 Å². The standard InChI is InChI=1S/C30H38N4O3/c1-36-26-17-22-13-15-32-16-14-30(19-25(32)24(22)18-27(26)37-2)28(31)34(23-11-7-4-8-12-23)29(35)33(30)20-21-9-5-3-6-10-21/h3,5-6,9-10,17-18,23,25,31H,4,7-8,11-16,19-20H2,1-2H3/t25-,30+/m0/s1. The molecule has 2 saturated heterocycles. The minimum Gasteiger partial charge on any atom is -0.493 e. The maximum absolute atomic E-state index is 14.1. The third-order valence-corrected chi connectivity index (χ3v) is 9.22. The number of hydrogen-bond acceptors (Lipinski definition) is 5. The summed E-state index contributed by atoms with van der Waals surface area (Å²) < 4.78 is 11.3. The summed E-state index contributed by atoms with van der Waals surface area (Å²) in [5.74, 6) is 2.02. The number of piperidine rings is 1. The first-order valence-electron chi connectivity index (χ1n) is 13.8. The van der Waals surface area contributed by atoms with E-state index in [1.165, 1.54) is 17.5 Å². The summed E-state index contributed by atoms with van der Waals surface area (Å²) in [6.07, 6.45) is 8.00. The van der Waals surface area contributed by atoms with Crippen molar-refractivity contribution >= 4 is 11.9 Å². The minimum absolute atomic E-state index is 0.0255. The molecule has 3 fully saturated rings. The van der Waals surface area contributed by atoms with Crippen LogP contribution in [0.15, 0.2) is 42.5 Å². The van der Waals surface area contributed by atoms with Crippen LogP contribution < -0.4 is 9.47 Å². The van der Waals surface area contributed by atoms with Crippen molar-refractivity contribution in [2.24, 2.45) is 0 Å². The van der Waals surface area contributed by atoms with Gasteiger partial charge in [0.2, 0.25) is 0 Å². The van der Waals surface area contributed by atoms with Gasteiger partial charge in [0, 0.05) is 31.7 Å². The molecular weight excluding hydrogens is 464 g/mol. The van der Waals surface area contributed by atoms with Crippen molar-refractivity contribution < 1.29 is 14.3 Å². The zero-order chi connectivity index (χ0) is 25.6. The van der Waals surface area contributed by atoms with Gasteiger partial charge >= 0.3 is 6.03 Å². The van der Waals surface area contributed by atoms with Crippen LogP contribution in [0, 0.1) is 5.41 Å². The minimum atomic E-state index is -0.604. The van der Waals surface area contributed by atoms with Gasteiger partial charge in [-0.05, 0) is 60.9 Å². The molecule has 2 aromatic carbocycles. The maximum Gasteiger partial charge on any atom is 0.326 e. The molecule has 4 aliphatic rings. The molecule has 0 aromatic heterocycles. The Kier molecular flexibility index (Phi) is 6.35. The second-order valence-electron chi connectivity index (χ2n) is 11.1. The summed E-state index contributed by atoms with van der Waals surface area (Å²) in [7, 11) is 3.37. The number of nitrogens with one attached hydrogen (secondary N) is 1. The van der Waals surface area contributed by atoms with Crippen molar-refractivity contribution in [1.82, 2.24) is 14.7 Å². The molecule has 1 spiro atoms. The maximum atomic E-state index is 14.1. The van der Waals surface area contributed by atoms with Crippen LogP contribution in [0.5, 0.6) is 11.5 Å². The molecule has 1 aliphatic carbocycles. The summed E-state index contributed by atoms with van der Waals surface area (Å²) in [5.41, 5.74) is 3.05. The predicted molar refractivity (Wildman–Crippen MR) is 143 cm³/mol. The fraction of sp³-hybridized carbons (Fsp3) is 0.533. The highest BCUT2D eigenvalue weighted by molar-refractivity contribution is 6.09. The van der Waals surface area contributed by atoms with Gasteiger partial charge in [0.25, 0.3) is 0 Å². The molecule has 1 N–H and O–H groups in total. The van der Waals surface area contributed by atoms with E-state index in [9.17, 15) is 10.2 Å². The molecule has 0 radical (unpaired) electrons. The highest BCUT2D eigenvalue weighted by Crippen LogP contribution is 2.49. The number of amidine groups is 1. The smallest absolute Gasteiger partial charge is 0.326 e. The third kappa shape index (κ3) is 3.99. The van der Waals surface area contributed by atoms with E-state index in [2.05, 4.69) is 29.2 Å². The van der Waals surface area contributed by atoms with Crippen LogP contribution in [-0.2, 0) is 13.0 Å². The average Bonchev–Trinajstić information content (AvgIpc) is 3.14. The molecule has 7 heteroatoms. The molecule has 1 saturated carbocycles. The Morgan fingerprint density at radius 1 is 1.00 bits per heavy atom. The van der Waals surface area contributed by atoms with E-state index in [1.54, 1.807) is 14.2 Å². The molecule has 2 amide bonds. The van der Waals surface area contributed by atoms with Gasteiger partial charge in [0.15, 0.2) is 11.5 Å². The number of fused-ring (bicyclic) bond motifs is 3. The van der Waals surface area contributed by atoms with Crippen LogP contribution in [0.4, 0.5) is 4.79 Å². The number of methoxy groups -OCH3 is 2. The quantitative estimate of drug-likeness (QED) is 0.596. The number of carbonyl (C=O) groups excluding carboxylic acids is 1. The average molecular weight is 503 g/mol. The van der Waals surface area contributed by atoms with Crippen molar-refractivity contribution in [2.45, 2.75) is 75.5 Å². The zero-order valence-corrected chi connectivity index (χ0v) is 22.0. The third-order valence-electron chi connectivity index (χ3n) is 9.22. The second kappa shape index (κ2) is 9.67. The Morgan fingerprint density at radius 2 is 1.73 bits per heavy atom. The predicted octanol–water partition coefficient (Wildman–Crippen LogP) is 5.38. The molecular formula is C30H38N4O3. The highest BCUT2D eigenvalue weighted by atomic mass is 16.5. The van der Waals surface area contributed by atoms with Gasteiger partial charge in [-0.2, -0.15) is 0 Å². The molecule has 3 aliphatic heterocycles. The van der Waals surface area contributed by atoms with Crippen molar-refractivity contribution in [1.29, 1.82) is 5.41 Å². The Bertz CT molecular complexity index is 1180. The van der Waals surface area contributed by atoms with Gasteiger partial charge in [-0.25, -0.2) is 4.79 Å². The number of carbonyl (C=O) groups is 1. The van der Waals surface area contributed by atoms with Crippen LogP contribution in [0.25, 0.3) is 0 Å². The molecule has 2 aromatic rings. The van der Waals surface area contributed by atoms with E-state index >= 15 is 0 Å². The van der Waals surface area contributed by atoms with E-state index in [4.69, 9.17) is 9.47 Å². The largest absolute Gasteiger partial charge is 0.493 e. The van der Waals surface area contributed by atoms with Gasteiger partial charge < -0.3 is 14.4 Å². The summed E-state index contributed by atoms with van der Waals surface area (Å²) in [4.78, 5) is 20.6. The van der Waals surface area contributed by atoms with Gasteiger partial charge in [0.1, 0.15) is 11.4 Å². The topological polar surface area (TPSA) is 69.1 Å². The van der Waals surface area contributed by atoms with Crippen molar-refractivity contribution in [3.63, 3.8) is 0 Å². The summed E-state index contributed by atoms with van der Waals surface area (Å²) in [6, 6.07) is 14.8. The lowest BCUT2D eigenvalue weighted by atomic mass is 9.76. The molecule has 6 rings (SSSR count). The molecule has 3 heterocycles. The summed E-state index contributed by atoms with van der Waals surface area (Å²) in [6.45, 7) is 2.39. The molecule has 7 nitrogen and oxygen atoms in total. The fourth-order valence-corrected chi connectivity index (χ4v) is 7.22. The van der Waals surface area contributed by atoms with Crippen molar-refractivity contribution in [2.75, 3.05) is 27.3 Å². The molecule has 2 atom stereocenters. The zero-order valence-electron chi connectivity index (χ0n) is 22.0. The Hall–Kier alpha value is -3.06. The number of ether oxygens (including phenoxy) is 2. The summed E-state index contributed by atoms with van der Waals surface area (Å²) >= 11 is 0. The normalized spacial score (nSPS) is 26.4. The van der Waals surface area contributed by atoms with Crippen LogP contribution in [0.2, 0.25) is 0 Å². The van der Waals surface area contributed by atoms with E-state index < -0.39 is 5.54 Å². The molecule has 0 bridgehead atoms. The number of amides is 2. The number of hydrogen-bond donors (Lipinski definition) is 1. The van der Waals surface area contributed by atoms with Gasteiger partial charge in [-0.15, -0.1) is 0 Å². The molecule has 196 valence electrons. The van der Waals surface area contributed by atoms with E-state index in [-0.39, 0.29) is 18.1 Å². The molecule has 0 unspecified atom stereocenters. The highest BCUT2D eigenvalue weighted by Gasteiger charge is 2.59. The lowest BCUT2D eigenvalue weighted by molar-refractivity contribution is 0.0502. The lowest BCUT2D eigenvalue weighted by Crippen LogP contribution is -2.58. The van der Waals surface area contributed by atoms with Gasteiger partial charge in [-0.1, -0.05) is 49.6 Å². The number of nitrogens with zero attached hydrogens (tertiary/aromatic N) is 3. The first-order chi connectivity index (χ1) is 18.1. The van der Waals surface area contributed by atoms with E-state index in [0.717, 1.165) is 75.1 Å². The Morgan fingerprint density at radius 3 is 2.46 bits per heavy atom. The Balaban J connectivity index is 1.40. The first kappa shape index (κ1) is 24.3. The fourth-order valence-electron chi connectivity index (χ4n) is 7.22. The van der Waals surface area contributed by atoms with Crippen molar-refractivity contribution in [3.05, 3.63) is 59.2 Å².